The summed E-state index contributed by atoms with van der Waals surface area (Å²) in [6.45, 7) is 10.2. The Kier molecular flexibility index (Phi) is 10.3. The fourth-order valence-corrected chi connectivity index (χ4v) is 8.99. The first-order valence-corrected chi connectivity index (χ1v) is 19.5. The van der Waals surface area contributed by atoms with E-state index in [1.165, 1.54) is 12.6 Å². The van der Waals surface area contributed by atoms with Gasteiger partial charge in [0.25, 0.3) is 5.56 Å². The van der Waals surface area contributed by atoms with Crippen molar-refractivity contribution in [2.24, 2.45) is 0 Å². The van der Waals surface area contributed by atoms with E-state index in [9.17, 15) is 19.2 Å². The lowest BCUT2D eigenvalue weighted by atomic mass is 9.90. The Labute approximate surface area is 315 Å². The third-order valence-corrected chi connectivity index (χ3v) is 12.0. The summed E-state index contributed by atoms with van der Waals surface area (Å²) in [7, 11) is 0. The molecule has 1 unspecified atom stereocenters. The number of nitrogens with one attached hydrogen (secondary N) is 2. The van der Waals surface area contributed by atoms with Gasteiger partial charge in [0.1, 0.15) is 11.5 Å². The first-order chi connectivity index (χ1) is 26.2. The number of fused-ring (bicyclic) bond motifs is 1. The van der Waals surface area contributed by atoms with Crippen molar-refractivity contribution in [1.82, 2.24) is 34.6 Å². The number of nitrogens with zero attached hydrogens (tertiary/aromatic N) is 7. The largest absolute Gasteiger partial charge is 0.369 e. The Morgan fingerprint density at radius 2 is 1.59 bits per heavy atom. The van der Waals surface area contributed by atoms with Crippen LogP contribution in [-0.2, 0) is 16.1 Å². The summed E-state index contributed by atoms with van der Waals surface area (Å²) in [5.74, 6) is 0.154. The molecule has 3 aromatic heterocycles. The molecule has 6 heterocycles. The fraction of sp³-hybridized carbons (Fsp3) is 0.488. The van der Waals surface area contributed by atoms with Crippen LogP contribution in [0, 0.1) is 6.92 Å². The number of Topliss-reactive ketones (excluding diaryl/α,β-unsaturated/α-hetero) is 1. The van der Waals surface area contributed by atoms with Crippen LogP contribution in [0.15, 0.2) is 53.6 Å². The van der Waals surface area contributed by atoms with Crippen LogP contribution in [0.3, 0.4) is 0 Å². The van der Waals surface area contributed by atoms with Gasteiger partial charge in [-0.25, -0.2) is 9.97 Å². The lowest BCUT2D eigenvalue weighted by Gasteiger charge is -2.43. The summed E-state index contributed by atoms with van der Waals surface area (Å²) in [6, 6.07) is 13.0. The van der Waals surface area contributed by atoms with E-state index >= 15 is 0 Å². The SMILES string of the molecule is CC(=O)c1c(C)c2cnc(Nc3ccc(CN4CCC(N5CCN(c6ccc(C7CCC(=O)NC7=O)cc6)CC5)CC4)cn3)nc2n(C2CCCC2)c1=O. The molecular formula is C41H49N9O4. The molecule has 3 aliphatic heterocycles. The van der Waals surface area contributed by atoms with Gasteiger partial charge in [-0.2, -0.15) is 4.98 Å². The van der Waals surface area contributed by atoms with Gasteiger partial charge in [-0.1, -0.05) is 31.0 Å². The quantitative estimate of drug-likeness (QED) is 0.180. The number of likely N-dealkylation sites (tertiary alicyclic amines) is 1. The smallest absolute Gasteiger partial charge is 0.263 e. The molecule has 13 heteroatoms. The number of benzene rings is 1. The van der Waals surface area contributed by atoms with Crippen molar-refractivity contribution in [2.75, 3.05) is 49.5 Å². The van der Waals surface area contributed by atoms with E-state index in [0.717, 1.165) is 101 Å². The molecule has 0 bridgehead atoms. The summed E-state index contributed by atoms with van der Waals surface area (Å²) < 4.78 is 1.73. The van der Waals surface area contributed by atoms with Crippen molar-refractivity contribution >= 4 is 46.1 Å². The predicted molar refractivity (Wildman–Crippen MR) is 207 cm³/mol. The molecule has 8 rings (SSSR count). The molecule has 1 atom stereocenters. The van der Waals surface area contributed by atoms with Gasteiger partial charge >= 0.3 is 0 Å². The topological polar surface area (TPSA) is 146 Å². The molecule has 0 radical (unpaired) electrons. The van der Waals surface area contributed by atoms with Crippen molar-refractivity contribution < 1.29 is 14.4 Å². The molecule has 4 fully saturated rings. The standard InChI is InChI=1S/C41H49N9O4/c1-26-34-24-43-41(46-38(34)50(32-5-3-4-6-32)40(54)37(26)27(2)51)44-35-13-7-28(23-42-35)25-47-17-15-31(16-18-47)49-21-19-48(20-22-49)30-10-8-29(9-11-30)33-12-14-36(52)45-39(33)53/h7-11,13,23-24,31-33H,3-6,12,14-22,25H2,1-2H3,(H,45,52,53)(H,42,43,44,46). The van der Waals surface area contributed by atoms with E-state index in [-0.39, 0.29) is 40.7 Å². The van der Waals surface area contributed by atoms with Gasteiger partial charge in [0, 0.05) is 74.7 Å². The maximum atomic E-state index is 13.5. The number of ketones is 1. The zero-order valence-corrected chi connectivity index (χ0v) is 31.2. The van der Waals surface area contributed by atoms with Crippen LogP contribution in [0.5, 0.6) is 0 Å². The van der Waals surface area contributed by atoms with E-state index in [0.29, 0.717) is 41.9 Å². The molecule has 2 amide bonds. The van der Waals surface area contributed by atoms with E-state index in [1.54, 1.807) is 17.7 Å². The molecule has 282 valence electrons. The number of hydrogen-bond acceptors (Lipinski definition) is 11. The molecule has 54 heavy (non-hydrogen) atoms. The van der Waals surface area contributed by atoms with Crippen LogP contribution in [0.1, 0.15) is 97.3 Å². The average Bonchev–Trinajstić information content (AvgIpc) is 3.71. The second-order valence-corrected chi connectivity index (χ2v) is 15.4. The lowest BCUT2D eigenvalue weighted by Crippen LogP contribution is -2.53. The van der Waals surface area contributed by atoms with Crippen LogP contribution >= 0.6 is 0 Å². The maximum absolute atomic E-state index is 13.5. The highest BCUT2D eigenvalue weighted by Crippen LogP contribution is 2.32. The number of hydrogen-bond donors (Lipinski definition) is 2. The minimum absolute atomic E-state index is 0.0270. The highest BCUT2D eigenvalue weighted by molar-refractivity contribution is 6.01. The first kappa shape index (κ1) is 36.0. The number of piperidine rings is 2. The Balaban J connectivity index is 0.830. The number of carbonyl (C=O) groups excluding carboxylic acids is 3. The molecule has 1 saturated carbocycles. The normalized spacial score (nSPS) is 20.8. The maximum Gasteiger partial charge on any atom is 0.263 e. The number of imide groups is 1. The van der Waals surface area contributed by atoms with Crippen LogP contribution in [-0.4, -0.2) is 92.2 Å². The van der Waals surface area contributed by atoms with E-state index < -0.39 is 0 Å². The summed E-state index contributed by atoms with van der Waals surface area (Å²) in [5.41, 5.74) is 4.47. The summed E-state index contributed by atoms with van der Waals surface area (Å²) >= 11 is 0. The van der Waals surface area contributed by atoms with Gasteiger partial charge in [-0.15, -0.1) is 0 Å². The molecule has 1 aromatic carbocycles. The lowest BCUT2D eigenvalue weighted by molar-refractivity contribution is -0.134. The number of anilines is 3. The van der Waals surface area contributed by atoms with Gasteiger partial charge in [-0.05, 0) is 93.9 Å². The first-order valence-electron chi connectivity index (χ1n) is 19.5. The van der Waals surface area contributed by atoms with Gasteiger partial charge in [0.05, 0.1) is 11.5 Å². The van der Waals surface area contributed by atoms with Gasteiger partial charge in [0.15, 0.2) is 5.78 Å². The van der Waals surface area contributed by atoms with Crippen LogP contribution < -0.4 is 21.1 Å². The molecular weight excluding hydrogens is 683 g/mol. The van der Waals surface area contributed by atoms with Gasteiger partial charge < -0.3 is 10.2 Å². The molecule has 4 aromatic rings. The number of amides is 2. The minimum atomic E-state index is -0.258. The third kappa shape index (κ3) is 7.39. The van der Waals surface area contributed by atoms with Crippen LogP contribution in [0.25, 0.3) is 11.0 Å². The van der Waals surface area contributed by atoms with E-state index in [1.807, 2.05) is 24.4 Å². The molecule has 0 spiro atoms. The zero-order chi connectivity index (χ0) is 37.3. The monoisotopic (exact) mass is 731 g/mol. The van der Waals surface area contributed by atoms with Crippen molar-refractivity contribution in [2.45, 2.75) is 89.8 Å². The van der Waals surface area contributed by atoms with Crippen molar-refractivity contribution in [1.29, 1.82) is 0 Å². The number of aryl methyl sites for hydroxylation is 1. The summed E-state index contributed by atoms with van der Waals surface area (Å²) in [6.07, 6.45) is 10.8. The summed E-state index contributed by atoms with van der Waals surface area (Å²) in [5, 5.41) is 6.42. The number of carbonyl (C=O) groups is 3. The molecule has 2 N–H and O–H groups in total. The van der Waals surface area contributed by atoms with Gasteiger partial charge in [-0.3, -0.25) is 38.9 Å². The van der Waals surface area contributed by atoms with Crippen molar-refractivity contribution in [3.63, 3.8) is 0 Å². The number of pyridine rings is 2. The second kappa shape index (κ2) is 15.4. The van der Waals surface area contributed by atoms with Crippen molar-refractivity contribution in [3.8, 4) is 0 Å². The van der Waals surface area contributed by atoms with Crippen molar-refractivity contribution in [3.05, 3.63) is 81.4 Å². The minimum Gasteiger partial charge on any atom is -0.369 e. The Bertz CT molecular complexity index is 2090. The molecule has 4 aliphatic rings. The third-order valence-electron chi connectivity index (χ3n) is 12.0. The number of piperazine rings is 1. The Morgan fingerprint density at radius 3 is 2.26 bits per heavy atom. The predicted octanol–water partition coefficient (Wildman–Crippen LogP) is 4.86. The van der Waals surface area contributed by atoms with Crippen LogP contribution in [0.4, 0.5) is 17.5 Å². The Morgan fingerprint density at radius 1 is 0.852 bits per heavy atom. The molecule has 13 nitrogen and oxygen atoms in total. The highest BCUT2D eigenvalue weighted by atomic mass is 16.2. The second-order valence-electron chi connectivity index (χ2n) is 15.4. The zero-order valence-electron chi connectivity index (χ0n) is 31.2. The molecule has 1 aliphatic carbocycles. The average molecular weight is 732 g/mol. The van der Waals surface area contributed by atoms with Gasteiger partial charge in [0.2, 0.25) is 17.8 Å². The van der Waals surface area contributed by atoms with E-state index in [4.69, 9.17) is 4.98 Å². The number of rotatable bonds is 9. The summed E-state index contributed by atoms with van der Waals surface area (Å²) in [4.78, 5) is 71.4. The highest BCUT2D eigenvalue weighted by Gasteiger charge is 2.30. The van der Waals surface area contributed by atoms with Crippen LogP contribution in [0.2, 0.25) is 0 Å². The van der Waals surface area contributed by atoms with E-state index in [2.05, 4.69) is 53.5 Å². The number of aromatic nitrogens is 4. The fourth-order valence-electron chi connectivity index (χ4n) is 8.99. The Hall–Kier alpha value is -5.01. The molecule has 3 saturated heterocycles.